The first-order valence-electron chi connectivity index (χ1n) is 5.84. The molecule has 2 rings (SSSR count). The molecule has 0 N–H and O–H groups in total. The van der Waals surface area contributed by atoms with E-state index in [1.54, 1.807) is 23.6 Å². The molecule has 0 amide bonds. The van der Waals surface area contributed by atoms with Crippen LogP contribution in [0.5, 0.6) is 0 Å². The number of aromatic nitrogens is 3. The predicted octanol–water partition coefficient (Wildman–Crippen LogP) is 1.75. The molecule has 0 saturated heterocycles. The van der Waals surface area contributed by atoms with Gasteiger partial charge in [-0.1, -0.05) is 0 Å². The van der Waals surface area contributed by atoms with E-state index in [0.717, 1.165) is 16.4 Å². The Labute approximate surface area is 120 Å². The van der Waals surface area contributed by atoms with Crippen LogP contribution in [-0.4, -0.2) is 28.9 Å². The summed E-state index contributed by atoms with van der Waals surface area (Å²) in [6.07, 6.45) is 2.38. The molecule has 0 bridgehead atoms. The standard InChI is InChI=1S/C12H15ClN4OS/c1-16(2)10-5-12(18)17(14-7-10)4-3-11-15-9(6-13)8-19-11/h5,7-8H,3-4,6H2,1-2H3. The van der Waals surface area contributed by atoms with Gasteiger partial charge in [-0.2, -0.15) is 5.10 Å². The molecule has 2 aromatic rings. The largest absolute Gasteiger partial charge is 0.376 e. The van der Waals surface area contributed by atoms with E-state index in [4.69, 9.17) is 11.6 Å². The second-order valence-corrected chi connectivity index (χ2v) is 5.50. The van der Waals surface area contributed by atoms with Crippen molar-refractivity contribution in [3.63, 3.8) is 0 Å². The van der Waals surface area contributed by atoms with Crippen molar-refractivity contribution in [1.82, 2.24) is 14.8 Å². The molecule has 2 aromatic heterocycles. The molecule has 0 radical (unpaired) electrons. The number of hydrogen-bond acceptors (Lipinski definition) is 5. The highest BCUT2D eigenvalue weighted by Gasteiger charge is 2.05. The molecule has 0 aromatic carbocycles. The van der Waals surface area contributed by atoms with E-state index >= 15 is 0 Å². The lowest BCUT2D eigenvalue weighted by molar-refractivity contribution is 0.576. The van der Waals surface area contributed by atoms with Gasteiger partial charge in [0.05, 0.1) is 35.0 Å². The summed E-state index contributed by atoms with van der Waals surface area (Å²) in [6, 6.07) is 1.58. The van der Waals surface area contributed by atoms with Gasteiger partial charge in [-0.05, 0) is 0 Å². The number of halogens is 1. The number of aryl methyl sites for hydroxylation is 2. The average Bonchev–Trinajstić information content (AvgIpc) is 2.85. The van der Waals surface area contributed by atoms with Gasteiger partial charge < -0.3 is 4.90 Å². The second kappa shape index (κ2) is 6.16. The summed E-state index contributed by atoms with van der Waals surface area (Å²) < 4.78 is 1.45. The maximum absolute atomic E-state index is 11.9. The Bertz CT molecular complexity index is 608. The van der Waals surface area contributed by atoms with Crippen LogP contribution in [0.15, 0.2) is 22.4 Å². The fraction of sp³-hybridized carbons (Fsp3) is 0.417. The van der Waals surface area contributed by atoms with E-state index in [0.29, 0.717) is 18.8 Å². The first-order chi connectivity index (χ1) is 9.10. The van der Waals surface area contributed by atoms with Gasteiger partial charge >= 0.3 is 0 Å². The fourth-order valence-electron chi connectivity index (χ4n) is 1.56. The Balaban J connectivity index is 2.05. The molecule has 0 aliphatic carbocycles. The van der Waals surface area contributed by atoms with Crippen LogP contribution in [0.25, 0.3) is 0 Å². The summed E-state index contributed by atoms with van der Waals surface area (Å²) in [6.45, 7) is 0.530. The van der Waals surface area contributed by atoms with Crippen molar-refractivity contribution in [3.8, 4) is 0 Å². The monoisotopic (exact) mass is 298 g/mol. The lowest BCUT2D eigenvalue weighted by Crippen LogP contribution is -2.25. The van der Waals surface area contributed by atoms with Crippen molar-refractivity contribution in [2.75, 3.05) is 19.0 Å². The van der Waals surface area contributed by atoms with Crippen LogP contribution >= 0.6 is 22.9 Å². The maximum atomic E-state index is 11.9. The highest BCUT2D eigenvalue weighted by Crippen LogP contribution is 2.12. The molecule has 7 heteroatoms. The van der Waals surface area contributed by atoms with E-state index < -0.39 is 0 Å². The van der Waals surface area contributed by atoms with E-state index in [1.165, 1.54) is 4.68 Å². The summed E-state index contributed by atoms with van der Waals surface area (Å²) in [5, 5.41) is 7.07. The third-order valence-electron chi connectivity index (χ3n) is 2.65. The molecule has 0 aliphatic heterocycles. The van der Waals surface area contributed by atoms with Crippen LogP contribution in [-0.2, 0) is 18.8 Å². The van der Waals surface area contributed by atoms with Gasteiger partial charge in [0.2, 0.25) is 0 Å². The van der Waals surface area contributed by atoms with Crippen LogP contribution in [0.1, 0.15) is 10.7 Å². The average molecular weight is 299 g/mol. The minimum Gasteiger partial charge on any atom is -0.376 e. The molecule has 19 heavy (non-hydrogen) atoms. The molecule has 102 valence electrons. The fourth-order valence-corrected chi connectivity index (χ4v) is 2.58. The summed E-state index contributed by atoms with van der Waals surface area (Å²) in [7, 11) is 3.76. The molecule has 2 heterocycles. The number of hydrogen-bond donors (Lipinski definition) is 0. The quantitative estimate of drug-likeness (QED) is 0.789. The van der Waals surface area contributed by atoms with Gasteiger partial charge in [0.15, 0.2) is 0 Å². The van der Waals surface area contributed by atoms with E-state index in [-0.39, 0.29) is 5.56 Å². The zero-order chi connectivity index (χ0) is 13.8. The van der Waals surface area contributed by atoms with Crippen molar-refractivity contribution < 1.29 is 0 Å². The van der Waals surface area contributed by atoms with Crippen molar-refractivity contribution in [1.29, 1.82) is 0 Å². The van der Waals surface area contributed by atoms with Crippen molar-refractivity contribution in [3.05, 3.63) is 38.7 Å². The smallest absolute Gasteiger partial charge is 0.268 e. The second-order valence-electron chi connectivity index (χ2n) is 4.29. The van der Waals surface area contributed by atoms with Gasteiger partial charge in [-0.15, -0.1) is 22.9 Å². The first-order valence-corrected chi connectivity index (χ1v) is 7.25. The minimum absolute atomic E-state index is 0.0969. The molecular weight excluding hydrogens is 284 g/mol. The van der Waals surface area contributed by atoms with Gasteiger partial charge in [-0.25, -0.2) is 9.67 Å². The summed E-state index contributed by atoms with van der Waals surface area (Å²) >= 11 is 7.26. The Hall–Kier alpha value is -1.40. The topological polar surface area (TPSA) is 51.0 Å². The molecule has 0 fully saturated rings. The van der Waals surface area contributed by atoms with Gasteiger partial charge in [0, 0.05) is 32.0 Å². The van der Waals surface area contributed by atoms with Crippen LogP contribution < -0.4 is 10.5 Å². The SMILES string of the molecule is CN(C)c1cnn(CCc2nc(CCl)cs2)c(=O)c1. The van der Waals surface area contributed by atoms with E-state index in [9.17, 15) is 4.79 Å². The van der Waals surface area contributed by atoms with Gasteiger partial charge in [0.1, 0.15) is 0 Å². The van der Waals surface area contributed by atoms with E-state index in [2.05, 4.69) is 10.1 Å². The highest BCUT2D eigenvalue weighted by atomic mass is 35.5. The Morgan fingerprint density at radius 2 is 2.26 bits per heavy atom. The predicted molar refractivity (Wildman–Crippen MR) is 78.2 cm³/mol. The molecule has 0 saturated carbocycles. The molecule has 5 nitrogen and oxygen atoms in total. The summed E-state index contributed by atoms with van der Waals surface area (Å²) in [5.74, 6) is 0.423. The Kier molecular flexibility index (Phi) is 4.55. The van der Waals surface area contributed by atoms with Crippen LogP contribution in [0, 0.1) is 0 Å². The lowest BCUT2D eigenvalue weighted by atomic mass is 10.4. The Morgan fingerprint density at radius 1 is 1.47 bits per heavy atom. The molecule has 0 atom stereocenters. The van der Waals surface area contributed by atoms with Gasteiger partial charge in [-0.3, -0.25) is 4.79 Å². The number of thiazole rings is 1. The third kappa shape index (κ3) is 3.54. The van der Waals surface area contributed by atoms with E-state index in [1.807, 2.05) is 24.4 Å². The zero-order valence-electron chi connectivity index (χ0n) is 10.8. The number of nitrogens with zero attached hydrogens (tertiary/aromatic N) is 4. The van der Waals surface area contributed by atoms with Crippen molar-refractivity contribution >= 4 is 28.6 Å². The number of alkyl halides is 1. The van der Waals surface area contributed by atoms with Crippen molar-refractivity contribution in [2.24, 2.45) is 0 Å². The highest BCUT2D eigenvalue weighted by molar-refractivity contribution is 7.09. The zero-order valence-corrected chi connectivity index (χ0v) is 12.4. The Morgan fingerprint density at radius 3 is 2.84 bits per heavy atom. The van der Waals surface area contributed by atoms with Gasteiger partial charge in [0.25, 0.3) is 5.56 Å². The minimum atomic E-state index is -0.0969. The number of rotatable bonds is 5. The van der Waals surface area contributed by atoms with Crippen LogP contribution in [0.3, 0.4) is 0 Å². The summed E-state index contributed by atoms with van der Waals surface area (Å²) in [5.41, 5.74) is 1.59. The maximum Gasteiger partial charge on any atom is 0.268 e. The third-order valence-corrected chi connectivity index (χ3v) is 3.88. The lowest BCUT2D eigenvalue weighted by Gasteiger charge is -2.12. The molecule has 0 unspecified atom stereocenters. The van der Waals surface area contributed by atoms with Crippen LogP contribution in [0.2, 0.25) is 0 Å². The normalized spacial score (nSPS) is 10.7. The number of anilines is 1. The summed E-state index contributed by atoms with van der Waals surface area (Å²) in [4.78, 5) is 18.1. The van der Waals surface area contributed by atoms with Crippen molar-refractivity contribution in [2.45, 2.75) is 18.8 Å². The van der Waals surface area contributed by atoms with Crippen LogP contribution in [0.4, 0.5) is 5.69 Å². The molecular formula is C12H15ClN4OS. The first kappa shape index (κ1) is 14.0. The molecule has 0 spiro atoms. The molecule has 0 aliphatic rings.